The van der Waals surface area contributed by atoms with E-state index in [1.54, 1.807) is 0 Å². The molecule has 0 bridgehead atoms. The summed E-state index contributed by atoms with van der Waals surface area (Å²) in [6, 6.07) is 2.86. The van der Waals surface area contributed by atoms with Gasteiger partial charge in [-0.15, -0.1) is 0 Å². The molecule has 1 rings (SSSR count). The van der Waals surface area contributed by atoms with Crippen molar-refractivity contribution in [3.63, 3.8) is 0 Å². The number of aromatic nitrogens is 1. The van der Waals surface area contributed by atoms with Gasteiger partial charge in [-0.25, -0.2) is 4.98 Å². The highest BCUT2D eigenvalue weighted by Crippen LogP contribution is 2.20. The average molecular weight is 273 g/mol. The quantitative estimate of drug-likeness (QED) is 0.382. The van der Waals surface area contributed by atoms with Gasteiger partial charge >= 0.3 is 0 Å². The molecule has 72 valence electrons. The first-order valence-corrected chi connectivity index (χ1v) is 5.20. The first-order valence-electron chi connectivity index (χ1n) is 3.74. The number of nitrogens with zero attached hydrogens (tertiary/aromatic N) is 2. The van der Waals surface area contributed by atoms with Crippen molar-refractivity contribution in [3.05, 3.63) is 32.5 Å². The second-order valence-corrected chi connectivity index (χ2v) is 4.21. The second kappa shape index (κ2) is 4.85. The number of pyridine rings is 1. The van der Waals surface area contributed by atoms with E-state index in [4.69, 9.17) is 5.11 Å². The zero-order valence-corrected chi connectivity index (χ0v) is 9.79. The lowest BCUT2D eigenvalue weighted by molar-refractivity contribution is -0.386. The van der Waals surface area contributed by atoms with Crippen LogP contribution in [0.4, 0.5) is 5.69 Å². The predicted molar refractivity (Wildman–Crippen MR) is 54.1 cm³/mol. The Bertz CT molecular complexity index is 359. The summed E-state index contributed by atoms with van der Waals surface area (Å²) in [5, 5.41) is 19.7. The summed E-state index contributed by atoms with van der Waals surface area (Å²) in [4.78, 5) is 13.3. The smallest absolute Gasteiger partial charge is 0.290 e. The molecule has 0 amide bonds. The molecule has 1 unspecified atom stereocenters. The minimum absolute atomic E-state index is 0.0744. The number of hydrogen-bond acceptors (Lipinski definition) is 4. The summed E-state index contributed by atoms with van der Waals surface area (Å²) in [7, 11) is 0. The van der Waals surface area contributed by atoms with Gasteiger partial charge in [0, 0.05) is 12.5 Å². The van der Waals surface area contributed by atoms with Gasteiger partial charge in [-0.2, -0.15) is 0 Å². The normalized spacial score (nSPS) is 12.4. The van der Waals surface area contributed by atoms with Gasteiger partial charge in [0.15, 0.2) is 16.3 Å². The van der Waals surface area contributed by atoms with E-state index in [2.05, 4.69) is 37.2 Å². The fraction of sp³-hybridized carbons (Fsp3) is 0.286. The number of hydrogen-bond donors (Lipinski definition) is 1. The number of rotatable bonds is 3. The van der Waals surface area contributed by atoms with Crippen molar-refractivity contribution in [2.45, 2.75) is 11.4 Å². The number of halogens is 1. The van der Waals surface area contributed by atoms with Crippen LogP contribution in [0, 0.1) is 10.1 Å². The minimum Gasteiger partial charge on any atom is -0.410 e. The maximum Gasteiger partial charge on any atom is 0.290 e. The van der Waals surface area contributed by atoms with Crippen molar-refractivity contribution in [1.82, 2.24) is 4.98 Å². The van der Waals surface area contributed by atoms with Crippen LogP contribution in [0.3, 0.4) is 0 Å². The minimum atomic E-state index is -0.726. The summed E-state index contributed by atoms with van der Waals surface area (Å²) in [5.41, 5.74) is 0.196. The largest absolute Gasteiger partial charge is 0.410 e. The van der Waals surface area contributed by atoms with Crippen molar-refractivity contribution in [1.29, 1.82) is 0 Å². The predicted octanol–water partition coefficient (Wildman–Crippen LogP) is 0.782. The highest BCUT2D eigenvalue weighted by molar-refractivity contribution is 9.10. The topological polar surface area (TPSA) is 76.3 Å². The van der Waals surface area contributed by atoms with E-state index in [0.717, 1.165) is 0 Å². The van der Waals surface area contributed by atoms with Gasteiger partial charge in [-0.05, 0) is 27.0 Å². The molecule has 14 heavy (non-hydrogen) atoms. The van der Waals surface area contributed by atoms with E-state index >= 15 is 0 Å². The van der Waals surface area contributed by atoms with Crippen molar-refractivity contribution < 1.29 is 10.0 Å². The molecule has 1 N–H and O–H groups in total. The molecule has 0 saturated carbocycles. The van der Waals surface area contributed by atoms with E-state index < -0.39 is 9.89 Å². The number of aliphatic hydroxyl groups excluding tert-OH is 1. The van der Waals surface area contributed by atoms with Gasteiger partial charge in [-0.1, -0.05) is 0 Å². The molecular weight excluding hydrogens is 267 g/mol. The molecule has 0 aliphatic heterocycles. The molecule has 0 aliphatic rings. The SMILES string of the molecule is O=[N+]([O-])c1ccc(Br)nc1C[CH](O)[Al]. The lowest BCUT2D eigenvalue weighted by Crippen LogP contribution is -2.12. The molecule has 0 fully saturated rings. The van der Waals surface area contributed by atoms with Gasteiger partial charge in [0.25, 0.3) is 5.69 Å². The summed E-state index contributed by atoms with van der Waals surface area (Å²) in [6.07, 6.45) is 0.139. The molecule has 2 radical (unpaired) electrons. The standard InChI is InChI=1S/C7H6BrN2O3.Al/c8-7-2-1-6(10(12)13)5(9-7)3-4-11;/h1-2,4,11H,3H2;. The summed E-state index contributed by atoms with van der Waals surface area (Å²) in [5.74, 6) is 0. The Morgan fingerprint density at radius 1 is 1.71 bits per heavy atom. The lowest BCUT2D eigenvalue weighted by atomic mass is 10.2. The molecule has 0 aromatic carbocycles. The fourth-order valence-electron chi connectivity index (χ4n) is 0.982. The van der Waals surface area contributed by atoms with Gasteiger partial charge in [0.05, 0.1) is 4.92 Å². The zero-order chi connectivity index (χ0) is 10.7. The van der Waals surface area contributed by atoms with Crippen LogP contribution in [-0.2, 0) is 6.42 Å². The Morgan fingerprint density at radius 3 is 2.86 bits per heavy atom. The Labute approximate surface area is 96.9 Å². The zero-order valence-electron chi connectivity index (χ0n) is 7.05. The maximum absolute atomic E-state index is 10.6. The van der Waals surface area contributed by atoms with Crippen LogP contribution in [-0.4, -0.2) is 36.3 Å². The summed E-state index contributed by atoms with van der Waals surface area (Å²) < 4.78 is 0.517. The summed E-state index contributed by atoms with van der Waals surface area (Å²) in [6.45, 7) is 0. The molecule has 0 saturated heterocycles. The first kappa shape index (κ1) is 11.6. The molecule has 1 aromatic heterocycles. The fourth-order valence-corrected chi connectivity index (χ4v) is 1.55. The third-order valence-electron chi connectivity index (χ3n) is 1.52. The van der Waals surface area contributed by atoms with Gasteiger partial charge in [0.2, 0.25) is 0 Å². The van der Waals surface area contributed by atoms with E-state index in [-0.39, 0.29) is 17.8 Å². The average Bonchev–Trinajstić information content (AvgIpc) is 2.01. The van der Waals surface area contributed by atoms with E-state index in [9.17, 15) is 10.1 Å². The molecule has 0 spiro atoms. The highest BCUT2D eigenvalue weighted by Gasteiger charge is 2.16. The molecule has 1 atom stereocenters. The highest BCUT2D eigenvalue weighted by atomic mass is 79.9. The van der Waals surface area contributed by atoms with Crippen molar-refractivity contribution in [3.8, 4) is 0 Å². The van der Waals surface area contributed by atoms with Crippen LogP contribution in [0.1, 0.15) is 5.69 Å². The molecule has 0 aliphatic carbocycles. The monoisotopic (exact) mass is 272 g/mol. The van der Waals surface area contributed by atoms with Gasteiger partial charge in [-0.3, -0.25) is 10.1 Å². The Kier molecular flexibility index (Phi) is 4.01. The molecule has 5 nitrogen and oxygen atoms in total. The first-order chi connectivity index (χ1) is 6.50. The van der Waals surface area contributed by atoms with Crippen molar-refractivity contribution in [2.75, 3.05) is 0 Å². The molecule has 1 heterocycles. The summed E-state index contributed by atoms with van der Waals surface area (Å²) >= 11 is 5.27. The van der Waals surface area contributed by atoms with Crippen molar-refractivity contribution in [2.24, 2.45) is 0 Å². The van der Waals surface area contributed by atoms with E-state index in [0.29, 0.717) is 4.60 Å². The lowest BCUT2D eigenvalue weighted by Gasteiger charge is -2.05. The van der Waals surface area contributed by atoms with Crippen molar-refractivity contribution >= 4 is 37.9 Å². The van der Waals surface area contributed by atoms with Crippen LogP contribution < -0.4 is 0 Å². The molecule has 7 heteroatoms. The Hall–Kier alpha value is -0.478. The Morgan fingerprint density at radius 2 is 2.36 bits per heavy atom. The van der Waals surface area contributed by atoms with Gasteiger partial charge < -0.3 is 5.11 Å². The number of nitro groups is 1. The molecule has 1 aromatic rings. The third-order valence-corrected chi connectivity index (χ3v) is 2.19. The van der Waals surface area contributed by atoms with Crippen LogP contribution in [0.2, 0.25) is 0 Å². The Balaban J connectivity index is 3.09. The van der Waals surface area contributed by atoms with E-state index in [1.165, 1.54) is 12.1 Å². The second-order valence-electron chi connectivity index (χ2n) is 2.63. The molecular formula is C7H6AlBrN2O3. The van der Waals surface area contributed by atoms with E-state index in [1.807, 2.05) is 0 Å². The maximum atomic E-state index is 10.6. The van der Waals surface area contributed by atoms with Crippen LogP contribution in [0.5, 0.6) is 0 Å². The van der Waals surface area contributed by atoms with Gasteiger partial charge in [0.1, 0.15) is 10.3 Å². The number of aliphatic hydroxyl groups is 1. The van der Waals surface area contributed by atoms with Crippen LogP contribution >= 0.6 is 15.9 Å². The van der Waals surface area contributed by atoms with Crippen LogP contribution in [0.25, 0.3) is 0 Å². The van der Waals surface area contributed by atoms with Crippen LogP contribution in [0.15, 0.2) is 16.7 Å². The third kappa shape index (κ3) is 3.03.